The van der Waals surface area contributed by atoms with Crippen molar-refractivity contribution in [2.75, 3.05) is 13.7 Å². The van der Waals surface area contributed by atoms with Crippen LogP contribution in [0.4, 0.5) is 0 Å². The van der Waals surface area contributed by atoms with E-state index in [2.05, 4.69) is 59.1 Å². The minimum absolute atomic E-state index is 0.0950. The maximum Gasteiger partial charge on any atom is 0.129 e. The van der Waals surface area contributed by atoms with Gasteiger partial charge in [-0.1, -0.05) is 19.1 Å². The summed E-state index contributed by atoms with van der Waals surface area (Å²) in [5.74, 6) is 1.79. The van der Waals surface area contributed by atoms with E-state index in [9.17, 15) is 0 Å². The van der Waals surface area contributed by atoms with Crippen LogP contribution in [0.15, 0.2) is 40.8 Å². The van der Waals surface area contributed by atoms with Gasteiger partial charge in [0.1, 0.15) is 18.1 Å². The zero-order valence-electron chi connectivity index (χ0n) is 11.9. The van der Waals surface area contributed by atoms with E-state index >= 15 is 0 Å². The zero-order chi connectivity index (χ0) is 14.4. The molecule has 0 aliphatic carbocycles. The Kier molecular flexibility index (Phi) is 6.06. The molecule has 1 unspecified atom stereocenters. The molecule has 4 heteroatoms. The Labute approximate surface area is 133 Å². The first-order valence-electron chi connectivity index (χ1n) is 6.81. The van der Waals surface area contributed by atoms with Gasteiger partial charge < -0.3 is 14.5 Å². The Morgan fingerprint density at radius 3 is 2.60 bits per heavy atom. The maximum absolute atomic E-state index is 5.88. The summed E-state index contributed by atoms with van der Waals surface area (Å²) in [6.45, 7) is 3.63. The molecule has 0 bridgehead atoms. The van der Waals surface area contributed by atoms with Crippen LogP contribution in [-0.2, 0) is 11.3 Å². The fraction of sp³-hybridized carbons (Fsp3) is 0.375. The molecule has 0 fully saturated rings. The van der Waals surface area contributed by atoms with Crippen molar-refractivity contribution in [3.63, 3.8) is 0 Å². The number of furan rings is 1. The SMILES string of the molecule is CCCNC(c1ccc(I)cc1)c1ccc(COC)o1. The Bertz CT molecular complexity index is 522. The summed E-state index contributed by atoms with van der Waals surface area (Å²) in [6.07, 6.45) is 1.09. The third kappa shape index (κ3) is 4.07. The van der Waals surface area contributed by atoms with Crippen LogP contribution in [0.5, 0.6) is 0 Å². The van der Waals surface area contributed by atoms with Gasteiger partial charge in [0.05, 0.1) is 6.04 Å². The fourth-order valence-electron chi connectivity index (χ4n) is 2.10. The molecule has 1 N–H and O–H groups in total. The van der Waals surface area contributed by atoms with Crippen molar-refractivity contribution in [3.8, 4) is 0 Å². The van der Waals surface area contributed by atoms with Crippen LogP contribution >= 0.6 is 22.6 Å². The number of rotatable bonds is 7. The van der Waals surface area contributed by atoms with E-state index in [1.165, 1.54) is 9.13 Å². The molecule has 1 aromatic heterocycles. The van der Waals surface area contributed by atoms with Crippen molar-refractivity contribution in [1.82, 2.24) is 5.32 Å². The van der Waals surface area contributed by atoms with Gasteiger partial charge in [-0.2, -0.15) is 0 Å². The molecule has 108 valence electrons. The number of nitrogens with one attached hydrogen (secondary N) is 1. The topological polar surface area (TPSA) is 34.4 Å². The summed E-state index contributed by atoms with van der Waals surface area (Å²) in [7, 11) is 1.67. The van der Waals surface area contributed by atoms with Crippen molar-refractivity contribution in [2.45, 2.75) is 26.0 Å². The number of hydrogen-bond acceptors (Lipinski definition) is 3. The van der Waals surface area contributed by atoms with Crippen molar-refractivity contribution >= 4 is 22.6 Å². The first-order chi connectivity index (χ1) is 9.74. The molecule has 3 nitrogen and oxygen atoms in total. The van der Waals surface area contributed by atoms with E-state index in [1.54, 1.807) is 7.11 Å². The molecule has 0 spiro atoms. The number of halogens is 1. The maximum atomic E-state index is 5.88. The van der Waals surface area contributed by atoms with E-state index in [0.717, 1.165) is 24.5 Å². The van der Waals surface area contributed by atoms with Crippen LogP contribution in [0.3, 0.4) is 0 Å². The lowest BCUT2D eigenvalue weighted by Crippen LogP contribution is -2.22. The third-order valence-corrected chi connectivity index (χ3v) is 3.77. The normalized spacial score (nSPS) is 12.6. The van der Waals surface area contributed by atoms with Crippen molar-refractivity contribution < 1.29 is 9.15 Å². The Morgan fingerprint density at radius 1 is 1.20 bits per heavy atom. The number of hydrogen-bond donors (Lipinski definition) is 1. The second-order valence-electron chi connectivity index (χ2n) is 4.68. The third-order valence-electron chi connectivity index (χ3n) is 3.06. The van der Waals surface area contributed by atoms with E-state index in [4.69, 9.17) is 9.15 Å². The van der Waals surface area contributed by atoms with Crippen molar-refractivity contribution in [2.24, 2.45) is 0 Å². The molecule has 1 atom stereocenters. The zero-order valence-corrected chi connectivity index (χ0v) is 14.0. The number of ether oxygens (including phenoxy) is 1. The van der Waals surface area contributed by atoms with Gasteiger partial charge in [-0.25, -0.2) is 0 Å². The first kappa shape index (κ1) is 15.5. The highest BCUT2D eigenvalue weighted by atomic mass is 127. The van der Waals surface area contributed by atoms with Crippen LogP contribution < -0.4 is 5.32 Å². The van der Waals surface area contributed by atoms with Crippen LogP contribution in [0.25, 0.3) is 0 Å². The van der Waals surface area contributed by atoms with Gasteiger partial charge in [0.2, 0.25) is 0 Å². The smallest absolute Gasteiger partial charge is 0.129 e. The molecular weight excluding hydrogens is 365 g/mol. The Balaban J connectivity index is 2.23. The van der Waals surface area contributed by atoms with Crippen LogP contribution in [-0.4, -0.2) is 13.7 Å². The highest BCUT2D eigenvalue weighted by molar-refractivity contribution is 14.1. The Morgan fingerprint density at radius 2 is 1.95 bits per heavy atom. The number of benzene rings is 1. The summed E-state index contributed by atoms with van der Waals surface area (Å²) in [5.41, 5.74) is 1.22. The predicted octanol–water partition coefficient (Wildman–Crippen LogP) is 4.12. The lowest BCUT2D eigenvalue weighted by molar-refractivity contribution is 0.162. The monoisotopic (exact) mass is 385 g/mol. The van der Waals surface area contributed by atoms with Gasteiger partial charge in [-0.05, 0) is 65.4 Å². The standard InChI is InChI=1S/C16H20INO2/c1-3-10-18-16(12-4-6-13(17)7-5-12)15-9-8-14(20-15)11-19-2/h4-9,16,18H,3,10-11H2,1-2H3. The second-order valence-corrected chi connectivity index (χ2v) is 5.92. The molecule has 0 aliphatic rings. The summed E-state index contributed by atoms with van der Waals surface area (Å²) in [4.78, 5) is 0. The molecule has 2 aromatic rings. The number of methoxy groups -OCH3 is 1. The molecule has 0 aliphatic heterocycles. The van der Waals surface area contributed by atoms with Crippen LogP contribution in [0.1, 0.15) is 36.5 Å². The molecule has 1 heterocycles. The molecule has 2 rings (SSSR count). The van der Waals surface area contributed by atoms with Crippen molar-refractivity contribution in [3.05, 3.63) is 57.1 Å². The Hall–Kier alpha value is -0.850. The van der Waals surface area contributed by atoms with Gasteiger partial charge in [-0.15, -0.1) is 0 Å². The van der Waals surface area contributed by atoms with E-state index in [1.807, 2.05) is 12.1 Å². The summed E-state index contributed by atoms with van der Waals surface area (Å²) in [6, 6.07) is 12.6. The minimum atomic E-state index is 0.0950. The lowest BCUT2D eigenvalue weighted by atomic mass is 10.0. The molecule has 0 saturated heterocycles. The predicted molar refractivity (Wildman–Crippen MR) is 88.7 cm³/mol. The quantitative estimate of drug-likeness (QED) is 0.729. The highest BCUT2D eigenvalue weighted by Crippen LogP contribution is 2.25. The van der Waals surface area contributed by atoms with Crippen LogP contribution in [0.2, 0.25) is 0 Å². The van der Waals surface area contributed by atoms with Crippen molar-refractivity contribution in [1.29, 1.82) is 0 Å². The second kappa shape index (κ2) is 7.81. The fourth-order valence-corrected chi connectivity index (χ4v) is 2.46. The average molecular weight is 385 g/mol. The van der Waals surface area contributed by atoms with E-state index in [0.29, 0.717) is 6.61 Å². The highest BCUT2D eigenvalue weighted by Gasteiger charge is 2.17. The van der Waals surface area contributed by atoms with Gasteiger partial charge in [-0.3, -0.25) is 0 Å². The van der Waals surface area contributed by atoms with Gasteiger partial charge in [0.25, 0.3) is 0 Å². The molecule has 0 saturated carbocycles. The van der Waals surface area contributed by atoms with Gasteiger partial charge >= 0.3 is 0 Å². The largest absolute Gasteiger partial charge is 0.462 e. The summed E-state index contributed by atoms with van der Waals surface area (Å²) in [5, 5.41) is 3.54. The summed E-state index contributed by atoms with van der Waals surface area (Å²) >= 11 is 2.32. The molecule has 0 radical (unpaired) electrons. The average Bonchev–Trinajstić information content (AvgIpc) is 2.90. The molecule has 1 aromatic carbocycles. The lowest BCUT2D eigenvalue weighted by Gasteiger charge is -2.17. The van der Waals surface area contributed by atoms with Gasteiger partial charge in [0, 0.05) is 10.7 Å². The summed E-state index contributed by atoms with van der Waals surface area (Å²) < 4.78 is 12.2. The first-order valence-corrected chi connectivity index (χ1v) is 7.89. The van der Waals surface area contributed by atoms with E-state index in [-0.39, 0.29) is 6.04 Å². The van der Waals surface area contributed by atoms with Crippen LogP contribution in [0, 0.1) is 3.57 Å². The molecule has 0 amide bonds. The molecule has 20 heavy (non-hydrogen) atoms. The van der Waals surface area contributed by atoms with Gasteiger partial charge in [0.15, 0.2) is 0 Å². The van der Waals surface area contributed by atoms with E-state index < -0.39 is 0 Å². The molecular formula is C16H20INO2. The minimum Gasteiger partial charge on any atom is -0.462 e.